The van der Waals surface area contributed by atoms with Gasteiger partial charge in [-0.05, 0) is 98.2 Å². The molecule has 10 aromatic rings. The maximum atomic E-state index is 2.50. The third-order valence-corrected chi connectivity index (χ3v) is 11.6. The third kappa shape index (κ3) is 5.74. The molecular formula is C52H35NS. The Labute approximate surface area is 319 Å². The SMILES string of the molecule is c1ccc(-c2cc(-c3ccccc3)cc(N(c3ccccc3-c3cccc(-c4cccc5ccccc45)c3)c3cccc4sc5ccccc5c34)c2)cc1. The first-order chi connectivity index (χ1) is 26.8. The molecule has 54 heavy (non-hydrogen) atoms. The van der Waals surface area contributed by atoms with Gasteiger partial charge in [0.1, 0.15) is 0 Å². The maximum Gasteiger partial charge on any atom is 0.0555 e. The fourth-order valence-corrected chi connectivity index (χ4v) is 9.06. The van der Waals surface area contributed by atoms with Gasteiger partial charge in [-0.3, -0.25) is 0 Å². The van der Waals surface area contributed by atoms with E-state index in [9.17, 15) is 0 Å². The van der Waals surface area contributed by atoms with Crippen molar-refractivity contribution in [2.75, 3.05) is 4.90 Å². The van der Waals surface area contributed by atoms with Crippen molar-refractivity contribution in [3.05, 3.63) is 212 Å². The van der Waals surface area contributed by atoms with Gasteiger partial charge in [0.05, 0.1) is 11.4 Å². The van der Waals surface area contributed by atoms with Crippen molar-refractivity contribution in [3.8, 4) is 44.5 Å². The number of anilines is 3. The number of fused-ring (bicyclic) bond motifs is 4. The van der Waals surface area contributed by atoms with E-state index in [1.54, 1.807) is 0 Å². The molecule has 0 amide bonds. The monoisotopic (exact) mass is 705 g/mol. The van der Waals surface area contributed by atoms with Crippen LogP contribution in [-0.4, -0.2) is 0 Å². The Kier molecular flexibility index (Phi) is 8.09. The number of hydrogen-bond donors (Lipinski definition) is 0. The molecule has 0 bridgehead atoms. The van der Waals surface area contributed by atoms with Gasteiger partial charge in [-0.2, -0.15) is 0 Å². The zero-order valence-electron chi connectivity index (χ0n) is 29.6. The number of para-hydroxylation sites is 1. The molecule has 0 atom stereocenters. The summed E-state index contributed by atoms with van der Waals surface area (Å²) in [4.78, 5) is 2.50. The van der Waals surface area contributed by atoms with Crippen LogP contribution in [0, 0.1) is 0 Å². The molecule has 0 N–H and O–H groups in total. The average molecular weight is 706 g/mol. The van der Waals surface area contributed by atoms with Gasteiger partial charge in [0.15, 0.2) is 0 Å². The van der Waals surface area contributed by atoms with E-state index >= 15 is 0 Å². The Morgan fingerprint density at radius 2 is 0.815 bits per heavy atom. The second-order valence-corrected chi connectivity index (χ2v) is 14.8. The van der Waals surface area contributed by atoms with Crippen LogP contribution >= 0.6 is 11.3 Å². The second kappa shape index (κ2) is 13.7. The zero-order chi connectivity index (χ0) is 35.8. The molecule has 0 aliphatic carbocycles. The van der Waals surface area contributed by atoms with E-state index < -0.39 is 0 Å². The predicted octanol–water partition coefficient (Wildman–Crippen LogP) is 15.3. The van der Waals surface area contributed by atoms with Gasteiger partial charge < -0.3 is 4.90 Å². The summed E-state index contributed by atoms with van der Waals surface area (Å²) in [7, 11) is 0. The Hall–Kier alpha value is -6.74. The summed E-state index contributed by atoms with van der Waals surface area (Å²) in [6.45, 7) is 0. The molecule has 0 fully saturated rings. The number of benzene rings is 9. The Morgan fingerprint density at radius 1 is 0.315 bits per heavy atom. The van der Waals surface area contributed by atoms with Crippen LogP contribution in [0.5, 0.6) is 0 Å². The lowest BCUT2D eigenvalue weighted by Gasteiger charge is -2.30. The van der Waals surface area contributed by atoms with E-state index in [4.69, 9.17) is 0 Å². The Morgan fingerprint density at radius 3 is 1.59 bits per heavy atom. The minimum absolute atomic E-state index is 1.11. The van der Waals surface area contributed by atoms with Gasteiger partial charge in [-0.1, -0.05) is 164 Å². The maximum absolute atomic E-state index is 2.50. The van der Waals surface area contributed by atoms with Crippen molar-refractivity contribution in [2.24, 2.45) is 0 Å². The quantitative estimate of drug-likeness (QED) is 0.160. The highest BCUT2D eigenvalue weighted by molar-refractivity contribution is 7.26. The lowest BCUT2D eigenvalue weighted by atomic mass is 9.93. The minimum Gasteiger partial charge on any atom is -0.309 e. The molecule has 0 radical (unpaired) electrons. The standard InChI is InChI=1S/C52H35NS/c1-3-16-36(17-4-1)41-33-42(37-18-5-2-6-19-37)35-43(34-41)53(49-29-15-31-51-52(49)47-26-10-12-30-50(47)54-51)48-28-11-9-25-46(48)40-23-13-22-39(32-40)45-27-14-21-38-20-7-8-24-44(38)45/h1-35H. The molecule has 0 aliphatic rings. The van der Waals surface area contributed by atoms with Crippen LogP contribution in [0.1, 0.15) is 0 Å². The molecule has 1 nitrogen and oxygen atoms in total. The van der Waals surface area contributed by atoms with Crippen molar-refractivity contribution < 1.29 is 0 Å². The van der Waals surface area contributed by atoms with Crippen molar-refractivity contribution >= 4 is 59.3 Å². The normalized spacial score (nSPS) is 11.3. The highest BCUT2D eigenvalue weighted by Crippen LogP contribution is 2.48. The summed E-state index contributed by atoms with van der Waals surface area (Å²) in [5.74, 6) is 0. The molecule has 1 aromatic heterocycles. The fourth-order valence-electron chi connectivity index (χ4n) is 7.93. The lowest BCUT2D eigenvalue weighted by molar-refractivity contribution is 1.30. The van der Waals surface area contributed by atoms with Gasteiger partial charge in [-0.15, -0.1) is 11.3 Å². The summed E-state index contributed by atoms with van der Waals surface area (Å²) in [6.07, 6.45) is 0. The van der Waals surface area contributed by atoms with Gasteiger partial charge in [0, 0.05) is 31.4 Å². The van der Waals surface area contributed by atoms with E-state index in [-0.39, 0.29) is 0 Å². The topological polar surface area (TPSA) is 3.24 Å². The molecule has 2 heteroatoms. The molecule has 1 heterocycles. The number of rotatable bonds is 7. The number of nitrogens with zero attached hydrogens (tertiary/aromatic N) is 1. The van der Waals surface area contributed by atoms with Gasteiger partial charge in [0.2, 0.25) is 0 Å². The molecule has 10 rings (SSSR count). The van der Waals surface area contributed by atoms with Crippen molar-refractivity contribution in [1.29, 1.82) is 0 Å². The van der Waals surface area contributed by atoms with Gasteiger partial charge in [0.25, 0.3) is 0 Å². The summed E-state index contributed by atoms with van der Waals surface area (Å²) in [6, 6.07) is 77.3. The molecule has 0 spiro atoms. The summed E-state index contributed by atoms with van der Waals surface area (Å²) in [5, 5.41) is 5.05. The first kappa shape index (κ1) is 32.0. The predicted molar refractivity (Wildman–Crippen MR) is 233 cm³/mol. The summed E-state index contributed by atoms with van der Waals surface area (Å²) < 4.78 is 2.57. The largest absolute Gasteiger partial charge is 0.309 e. The van der Waals surface area contributed by atoms with Crippen LogP contribution in [0.3, 0.4) is 0 Å². The van der Waals surface area contributed by atoms with Gasteiger partial charge in [-0.25, -0.2) is 0 Å². The molecule has 0 saturated heterocycles. The molecule has 9 aromatic carbocycles. The molecule has 0 aliphatic heterocycles. The average Bonchev–Trinajstić information content (AvgIpc) is 3.64. The van der Waals surface area contributed by atoms with Crippen LogP contribution in [0.2, 0.25) is 0 Å². The number of thiophene rings is 1. The number of hydrogen-bond acceptors (Lipinski definition) is 2. The first-order valence-electron chi connectivity index (χ1n) is 18.4. The lowest BCUT2D eigenvalue weighted by Crippen LogP contribution is -2.12. The van der Waals surface area contributed by atoms with E-state index in [1.807, 2.05) is 11.3 Å². The highest BCUT2D eigenvalue weighted by atomic mass is 32.1. The van der Waals surface area contributed by atoms with Crippen molar-refractivity contribution in [3.63, 3.8) is 0 Å². The molecule has 254 valence electrons. The third-order valence-electron chi connectivity index (χ3n) is 10.4. The van der Waals surface area contributed by atoms with Gasteiger partial charge >= 0.3 is 0 Å². The van der Waals surface area contributed by atoms with Crippen molar-refractivity contribution in [1.82, 2.24) is 0 Å². The first-order valence-corrected chi connectivity index (χ1v) is 19.2. The summed E-state index contributed by atoms with van der Waals surface area (Å²) in [5.41, 5.74) is 12.9. The van der Waals surface area contributed by atoms with Crippen LogP contribution < -0.4 is 4.90 Å². The second-order valence-electron chi connectivity index (χ2n) is 13.7. The van der Waals surface area contributed by atoms with E-state index in [1.165, 1.54) is 75.5 Å². The van der Waals surface area contributed by atoms with Crippen LogP contribution in [0.25, 0.3) is 75.5 Å². The smallest absolute Gasteiger partial charge is 0.0555 e. The Balaban J connectivity index is 1.25. The zero-order valence-corrected chi connectivity index (χ0v) is 30.4. The molecular weight excluding hydrogens is 671 g/mol. The van der Waals surface area contributed by atoms with Crippen molar-refractivity contribution in [2.45, 2.75) is 0 Å². The minimum atomic E-state index is 1.11. The fraction of sp³-hybridized carbons (Fsp3) is 0. The van der Waals surface area contributed by atoms with Crippen LogP contribution in [0.15, 0.2) is 212 Å². The van der Waals surface area contributed by atoms with Crippen LogP contribution in [-0.2, 0) is 0 Å². The highest BCUT2D eigenvalue weighted by Gasteiger charge is 2.23. The van der Waals surface area contributed by atoms with E-state index in [0.717, 1.165) is 17.1 Å². The van der Waals surface area contributed by atoms with Crippen LogP contribution in [0.4, 0.5) is 17.1 Å². The molecule has 0 saturated carbocycles. The van der Waals surface area contributed by atoms with E-state index in [0.29, 0.717) is 0 Å². The molecule has 0 unspecified atom stereocenters. The summed E-state index contributed by atoms with van der Waals surface area (Å²) >= 11 is 1.86. The Bertz CT molecular complexity index is 2880. The van der Waals surface area contributed by atoms with E-state index in [2.05, 4.69) is 217 Å².